The lowest BCUT2D eigenvalue weighted by atomic mass is 9.82. The highest BCUT2D eigenvalue weighted by molar-refractivity contribution is 5.92. The van der Waals surface area contributed by atoms with Gasteiger partial charge in [0.2, 0.25) is 0 Å². The van der Waals surface area contributed by atoms with Gasteiger partial charge in [-0.2, -0.15) is 0 Å². The van der Waals surface area contributed by atoms with Crippen molar-refractivity contribution in [3.05, 3.63) is 17.8 Å². The van der Waals surface area contributed by atoms with Crippen molar-refractivity contribution in [3.8, 4) is 0 Å². The highest BCUT2D eigenvalue weighted by atomic mass is 16.1. The molecule has 19 heavy (non-hydrogen) atoms. The smallest absolute Gasteiger partial charge is 0.271 e. The average Bonchev–Trinajstić information content (AvgIpc) is 2.35. The summed E-state index contributed by atoms with van der Waals surface area (Å²) in [6.45, 7) is 12.1. The summed E-state index contributed by atoms with van der Waals surface area (Å²) >= 11 is 0. The fraction of sp³-hybridized carbons (Fsp3) is 0.643. The van der Waals surface area contributed by atoms with Gasteiger partial charge < -0.3 is 10.6 Å². The van der Waals surface area contributed by atoms with Crippen LogP contribution >= 0.6 is 0 Å². The summed E-state index contributed by atoms with van der Waals surface area (Å²) < 4.78 is 0. The third-order valence-electron chi connectivity index (χ3n) is 3.30. The van der Waals surface area contributed by atoms with Crippen molar-refractivity contribution in [2.45, 2.75) is 34.6 Å². The summed E-state index contributed by atoms with van der Waals surface area (Å²) in [7, 11) is 0. The fourth-order valence-electron chi connectivity index (χ4n) is 1.36. The van der Waals surface area contributed by atoms with Crippen molar-refractivity contribution in [2.24, 2.45) is 11.3 Å². The van der Waals surface area contributed by atoms with E-state index in [4.69, 9.17) is 0 Å². The largest absolute Gasteiger partial charge is 0.368 e. The number of nitrogens with one attached hydrogen (secondary N) is 2. The van der Waals surface area contributed by atoms with Gasteiger partial charge in [0, 0.05) is 13.1 Å². The first-order valence-electron chi connectivity index (χ1n) is 6.70. The lowest BCUT2D eigenvalue weighted by Crippen LogP contribution is -2.26. The molecule has 0 aliphatic heterocycles. The first-order valence-corrected chi connectivity index (χ1v) is 6.70. The van der Waals surface area contributed by atoms with Crippen molar-refractivity contribution < 1.29 is 4.79 Å². The molecule has 0 saturated carbocycles. The SMILES string of the molecule is CCNC(=O)c1ccc(NCC(C)C(C)(C)C)nn1. The summed E-state index contributed by atoms with van der Waals surface area (Å²) in [5.74, 6) is 1.02. The number of carbonyl (C=O) groups excluding carboxylic acids is 1. The Morgan fingerprint density at radius 1 is 1.32 bits per heavy atom. The number of anilines is 1. The molecule has 0 bridgehead atoms. The summed E-state index contributed by atoms with van der Waals surface area (Å²) in [6.07, 6.45) is 0. The monoisotopic (exact) mass is 264 g/mol. The van der Waals surface area contributed by atoms with Crippen LogP contribution < -0.4 is 10.6 Å². The van der Waals surface area contributed by atoms with E-state index < -0.39 is 0 Å². The van der Waals surface area contributed by atoms with Gasteiger partial charge >= 0.3 is 0 Å². The molecule has 2 N–H and O–H groups in total. The molecular formula is C14H24N4O. The second kappa shape index (κ2) is 6.50. The van der Waals surface area contributed by atoms with E-state index in [0.717, 1.165) is 6.54 Å². The van der Waals surface area contributed by atoms with Crippen LogP contribution in [0.25, 0.3) is 0 Å². The Kier molecular flexibility index (Phi) is 5.27. The van der Waals surface area contributed by atoms with Crippen LogP contribution in [0, 0.1) is 11.3 Å². The number of hydrogen-bond acceptors (Lipinski definition) is 4. The van der Waals surface area contributed by atoms with E-state index in [1.165, 1.54) is 0 Å². The molecule has 0 aliphatic rings. The van der Waals surface area contributed by atoms with Crippen LogP contribution in [0.3, 0.4) is 0 Å². The van der Waals surface area contributed by atoms with Gasteiger partial charge in [-0.1, -0.05) is 27.7 Å². The van der Waals surface area contributed by atoms with Crippen molar-refractivity contribution in [3.63, 3.8) is 0 Å². The van der Waals surface area contributed by atoms with E-state index >= 15 is 0 Å². The first-order chi connectivity index (χ1) is 8.84. The standard InChI is InChI=1S/C14H24N4O/c1-6-15-13(19)11-7-8-12(18-17-11)16-9-10(2)14(3,4)5/h7-8,10H,6,9H2,1-5H3,(H,15,19)(H,16,18). The molecule has 1 heterocycles. The molecule has 106 valence electrons. The maximum absolute atomic E-state index is 11.5. The number of amides is 1. The van der Waals surface area contributed by atoms with Gasteiger partial charge in [-0.05, 0) is 30.4 Å². The Balaban J connectivity index is 2.56. The molecular weight excluding hydrogens is 240 g/mol. The van der Waals surface area contributed by atoms with E-state index in [9.17, 15) is 4.79 Å². The van der Waals surface area contributed by atoms with Crippen molar-refractivity contribution in [1.29, 1.82) is 0 Å². The lowest BCUT2D eigenvalue weighted by molar-refractivity contribution is 0.0950. The predicted octanol–water partition coefficient (Wildman–Crippen LogP) is 2.32. The zero-order valence-electron chi connectivity index (χ0n) is 12.4. The number of rotatable bonds is 5. The van der Waals surface area contributed by atoms with Crippen LogP contribution in [-0.2, 0) is 0 Å². The van der Waals surface area contributed by atoms with E-state index in [0.29, 0.717) is 24.0 Å². The average molecular weight is 264 g/mol. The Labute approximate surface area is 115 Å². The quantitative estimate of drug-likeness (QED) is 0.856. The molecule has 5 heteroatoms. The van der Waals surface area contributed by atoms with Gasteiger partial charge in [-0.15, -0.1) is 10.2 Å². The Bertz CT molecular complexity index is 408. The molecule has 0 aromatic carbocycles. The van der Waals surface area contributed by atoms with Gasteiger partial charge in [-0.25, -0.2) is 0 Å². The van der Waals surface area contributed by atoms with Gasteiger partial charge in [0.1, 0.15) is 5.82 Å². The molecule has 0 radical (unpaired) electrons. The van der Waals surface area contributed by atoms with Crippen LogP contribution in [0.2, 0.25) is 0 Å². The minimum absolute atomic E-state index is 0.190. The summed E-state index contributed by atoms with van der Waals surface area (Å²) in [5, 5.41) is 13.9. The Morgan fingerprint density at radius 2 is 2.00 bits per heavy atom. The molecule has 0 saturated heterocycles. The third kappa shape index (κ3) is 4.85. The molecule has 1 amide bonds. The van der Waals surface area contributed by atoms with Crippen LogP contribution in [0.4, 0.5) is 5.82 Å². The first kappa shape index (κ1) is 15.4. The molecule has 1 atom stereocenters. The fourth-order valence-corrected chi connectivity index (χ4v) is 1.36. The summed E-state index contributed by atoms with van der Waals surface area (Å²) in [4.78, 5) is 11.5. The normalized spacial score (nSPS) is 12.9. The Morgan fingerprint density at radius 3 is 2.47 bits per heavy atom. The minimum Gasteiger partial charge on any atom is -0.368 e. The van der Waals surface area contributed by atoms with E-state index in [2.05, 4.69) is 48.5 Å². The highest BCUT2D eigenvalue weighted by Gasteiger charge is 2.19. The van der Waals surface area contributed by atoms with E-state index in [-0.39, 0.29) is 11.3 Å². The topological polar surface area (TPSA) is 66.9 Å². The maximum Gasteiger partial charge on any atom is 0.271 e. The van der Waals surface area contributed by atoms with Crippen LogP contribution in [0.1, 0.15) is 45.1 Å². The summed E-state index contributed by atoms with van der Waals surface area (Å²) in [5.41, 5.74) is 0.595. The third-order valence-corrected chi connectivity index (χ3v) is 3.30. The zero-order valence-corrected chi connectivity index (χ0v) is 12.4. The zero-order chi connectivity index (χ0) is 14.5. The second-order valence-corrected chi connectivity index (χ2v) is 5.81. The van der Waals surface area contributed by atoms with E-state index in [1.54, 1.807) is 12.1 Å². The van der Waals surface area contributed by atoms with Crippen molar-refractivity contribution in [2.75, 3.05) is 18.4 Å². The molecule has 0 fully saturated rings. The second-order valence-electron chi connectivity index (χ2n) is 5.81. The van der Waals surface area contributed by atoms with Crippen LogP contribution in [0.5, 0.6) is 0 Å². The van der Waals surface area contributed by atoms with Gasteiger partial charge in [0.05, 0.1) is 0 Å². The summed E-state index contributed by atoms with van der Waals surface area (Å²) in [6, 6.07) is 3.47. The predicted molar refractivity (Wildman–Crippen MR) is 77.1 cm³/mol. The molecule has 5 nitrogen and oxygen atoms in total. The van der Waals surface area contributed by atoms with Crippen LogP contribution in [-0.4, -0.2) is 29.2 Å². The lowest BCUT2D eigenvalue weighted by Gasteiger charge is -2.27. The molecule has 0 aliphatic carbocycles. The molecule has 1 aromatic heterocycles. The molecule has 0 spiro atoms. The van der Waals surface area contributed by atoms with Gasteiger partial charge in [-0.3, -0.25) is 4.79 Å². The Hall–Kier alpha value is -1.65. The van der Waals surface area contributed by atoms with E-state index in [1.807, 2.05) is 6.92 Å². The molecule has 1 rings (SSSR count). The van der Waals surface area contributed by atoms with Gasteiger partial charge in [0.25, 0.3) is 5.91 Å². The maximum atomic E-state index is 11.5. The number of carbonyl (C=O) groups is 1. The number of hydrogen-bond donors (Lipinski definition) is 2. The van der Waals surface area contributed by atoms with Crippen molar-refractivity contribution >= 4 is 11.7 Å². The van der Waals surface area contributed by atoms with Crippen molar-refractivity contribution in [1.82, 2.24) is 15.5 Å². The van der Waals surface area contributed by atoms with Gasteiger partial charge in [0.15, 0.2) is 5.69 Å². The molecule has 1 aromatic rings. The van der Waals surface area contributed by atoms with Crippen LogP contribution in [0.15, 0.2) is 12.1 Å². The highest BCUT2D eigenvalue weighted by Crippen LogP contribution is 2.25. The number of aromatic nitrogens is 2. The molecule has 1 unspecified atom stereocenters. The number of nitrogens with zero attached hydrogens (tertiary/aromatic N) is 2. The minimum atomic E-state index is -0.190.